The Morgan fingerprint density at radius 2 is 2.03 bits per heavy atom. The van der Waals surface area contributed by atoms with Gasteiger partial charge in [0.2, 0.25) is 0 Å². The molecule has 0 radical (unpaired) electrons. The summed E-state index contributed by atoms with van der Waals surface area (Å²) in [5.41, 5.74) is -0.290. The SMILES string of the molecule is CCNC(=O)Nc1cc(-c2nc(C(F)(F)F)cs2)c(-c2cc(-c3n[nH]c(=O)o3)c[n+]([O-])c2)cn1. The van der Waals surface area contributed by atoms with Crippen LogP contribution in [0.3, 0.4) is 0 Å². The molecule has 0 aliphatic carbocycles. The summed E-state index contributed by atoms with van der Waals surface area (Å²) in [5, 5.41) is 23.8. The second-order valence-corrected chi connectivity index (χ2v) is 7.58. The van der Waals surface area contributed by atoms with Gasteiger partial charge >= 0.3 is 18.0 Å². The van der Waals surface area contributed by atoms with Crippen LogP contribution in [0.1, 0.15) is 12.6 Å². The van der Waals surface area contributed by atoms with Gasteiger partial charge in [0.05, 0.1) is 5.56 Å². The molecule has 0 fully saturated rings. The van der Waals surface area contributed by atoms with E-state index in [1.54, 1.807) is 6.92 Å². The highest BCUT2D eigenvalue weighted by Crippen LogP contribution is 2.38. The number of carbonyl (C=O) groups excluding carboxylic acids is 1. The fraction of sp³-hybridized carbons (Fsp3) is 0.158. The number of nitrogens with one attached hydrogen (secondary N) is 3. The highest BCUT2D eigenvalue weighted by atomic mass is 32.1. The van der Waals surface area contributed by atoms with E-state index in [2.05, 4.69) is 30.8 Å². The number of hydrogen-bond acceptors (Lipinski definition) is 8. The van der Waals surface area contributed by atoms with Gasteiger partial charge in [-0.2, -0.15) is 17.9 Å². The second kappa shape index (κ2) is 8.93. The maximum absolute atomic E-state index is 13.1. The topological polar surface area (TPSA) is 153 Å². The van der Waals surface area contributed by atoms with Crippen molar-refractivity contribution in [3.8, 4) is 33.2 Å². The summed E-state index contributed by atoms with van der Waals surface area (Å²) in [6.07, 6.45) is -1.11. The van der Waals surface area contributed by atoms with E-state index in [0.29, 0.717) is 11.3 Å². The fourth-order valence-electron chi connectivity index (χ4n) is 2.95. The summed E-state index contributed by atoms with van der Waals surface area (Å²) in [6, 6.07) is 2.24. The van der Waals surface area contributed by atoms with Gasteiger partial charge in [0.15, 0.2) is 18.1 Å². The van der Waals surface area contributed by atoms with Gasteiger partial charge in [-0.1, -0.05) is 0 Å². The number of urea groups is 1. The Morgan fingerprint density at radius 1 is 1.26 bits per heavy atom. The van der Waals surface area contributed by atoms with Gasteiger partial charge in [0, 0.05) is 29.2 Å². The van der Waals surface area contributed by atoms with Gasteiger partial charge in [-0.15, -0.1) is 16.4 Å². The number of anilines is 1. The van der Waals surface area contributed by atoms with Crippen LogP contribution in [0.4, 0.5) is 23.8 Å². The van der Waals surface area contributed by atoms with Gasteiger partial charge in [-0.25, -0.2) is 24.7 Å². The highest BCUT2D eigenvalue weighted by Gasteiger charge is 2.34. The number of halogens is 3. The predicted molar refractivity (Wildman–Crippen MR) is 114 cm³/mol. The molecule has 176 valence electrons. The predicted octanol–water partition coefficient (Wildman–Crippen LogP) is 3.01. The smallest absolute Gasteiger partial charge is 0.434 e. The number of H-pyrrole nitrogens is 1. The van der Waals surface area contributed by atoms with Crippen molar-refractivity contribution < 1.29 is 27.1 Å². The van der Waals surface area contributed by atoms with E-state index in [9.17, 15) is 28.0 Å². The maximum Gasteiger partial charge on any atom is 0.434 e. The maximum atomic E-state index is 13.1. The zero-order chi connectivity index (χ0) is 24.5. The summed E-state index contributed by atoms with van der Waals surface area (Å²) in [5.74, 6) is -0.935. The average Bonchev–Trinajstić information content (AvgIpc) is 3.43. The number of hydrogen-bond donors (Lipinski definition) is 3. The Balaban J connectivity index is 1.85. The van der Waals surface area contributed by atoms with Crippen molar-refractivity contribution in [1.29, 1.82) is 0 Å². The van der Waals surface area contributed by atoms with Crippen LogP contribution in [-0.2, 0) is 6.18 Å². The number of alkyl halides is 3. The number of thiazole rings is 1. The molecule has 0 spiro atoms. The van der Waals surface area contributed by atoms with Crippen molar-refractivity contribution in [3.63, 3.8) is 0 Å². The first-order chi connectivity index (χ1) is 16.1. The van der Waals surface area contributed by atoms with Gasteiger partial charge in [-0.05, 0) is 19.1 Å². The molecule has 4 heterocycles. The molecule has 0 saturated heterocycles. The standard InChI is InChI=1S/C19H14F3N7O4S/c1-2-23-17(30)26-14-4-11(16-25-13(8-34-16)19(20,21)22)12(5-24-14)9-3-10(7-29(32)6-9)15-27-28-18(31)33-15/h3-8H,2H2,1H3,(H,28,31)(H2,23,24,26,30). The van der Waals surface area contributed by atoms with Crippen LogP contribution < -0.4 is 21.1 Å². The molecule has 0 atom stereocenters. The quantitative estimate of drug-likeness (QED) is 0.285. The molecule has 0 aliphatic rings. The molecular formula is C19H14F3N7O4S. The Bertz CT molecular complexity index is 1410. The molecule has 0 aliphatic heterocycles. The van der Waals surface area contributed by atoms with Gasteiger partial charge < -0.3 is 14.9 Å². The van der Waals surface area contributed by atoms with Crippen molar-refractivity contribution in [1.82, 2.24) is 25.5 Å². The number of amides is 2. The second-order valence-electron chi connectivity index (χ2n) is 6.73. The number of rotatable bonds is 5. The molecule has 3 N–H and O–H groups in total. The largest absolute Gasteiger partial charge is 0.619 e. The number of carbonyl (C=O) groups is 1. The molecular weight excluding hydrogens is 479 g/mol. The average molecular weight is 493 g/mol. The lowest BCUT2D eigenvalue weighted by molar-refractivity contribution is -0.604. The summed E-state index contributed by atoms with van der Waals surface area (Å²) >= 11 is 0.735. The zero-order valence-electron chi connectivity index (χ0n) is 17.1. The normalized spacial score (nSPS) is 11.4. The first-order valence-electron chi connectivity index (χ1n) is 9.52. The Kier molecular flexibility index (Phi) is 6.02. The monoisotopic (exact) mass is 493 g/mol. The summed E-state index contributed by atoms with van der Waals surface area (Å²) < 4.78 is 44.7. The highest BCUT2D eigenvalue weighted by molar-refractivity contribution is 7.13. The van der Waals surface area contributed by atoms with E-state index in [1.807, 2.05) is 0 Å². The third-order valence-corrected chi connectivity index (χ3v) is 5.22. The van der Waals surface area contributed by atoms with Crippen LogP contribution in [0.2, 0.25) is 0 Å². The Hall–Kier alpha value is -4.27. The van der Waals surface area contributed by atoms with Gasteiger partial charge in [-0.3, -0.25) is 5.32 Å². The van der Waals surface area contributed by atoms with Crippen LogP contribution in [0, 0.1) is 5.21 Å². The van der Waals surface area contributed by atoms with Gasteiger partial charge in [0.25, 0.3) is 5.89 Å². The molecule has 0 saturated carbocycles. The molecule has 4 rings (SSSR count). The van der Waals surface area contributed by atoms with Crippen molar-refractivity contribution in [2.45, 2.75) is 13.1 Å². The third kappa shape index (κ3) is 4.88. The van der Waals surface area contributed by atoms with Crippen LogP contribution in [0.5, 0.6) is 0 Å². The molecule has 4 aromatic heterocycles. The Morgan fingerprint density at radius 3 is 2.68 bits per heavy atom. The van der Waals surface area contributed by atoms with Crippen molar-refractivity contribution in [3.05, 3.63) is 57.6 Å². The molecule has 2 amide bonds. The van der Waals surface area contributed by atoms with E-state index in [4.69, 9.17) is 4.42 Å². The molecule has 34 heavy (non-hydrogen) atoms. The number of aromatic amines is 1. The van der Waals surface area contributed by atoms with Crippen molar-refractivity contribution in [2.24, 2.45) is 0 Å². The van der Waals surface area contributed by atoms with Crippen LogP contribution in [0.25, 0.3) is 33.2 Å². The first-order valence-corrected chi connectivity index (χ1v) is 10.4. The number of aromatic nitrogens is 5. The molecule has 11 nitrogen and oxygen atoms in total. The van der Waals surface area contributed by atoms with Gasteiger partial charge in [0.1, 0.15) is 16.4 Å². The minimum Gasteiger partial charge on any atom is -0.619 e. The number of nitrogens with zero attached hydrogens (tertiary/aromatic N) is 4. The lowest BCUT2D eigenvalue weighted by Gasteiger charge is -2.11. The lowest BCUT2D eigenvalue weighted by atomic mass is 10.0. The van der Waals surface area contributed by atoms with E-state index < -0.39 is 23.7 Å². The summed E-state index contributed by atoms with van der Waals surface area (Å²) in [7, 11) is 0. The molecule has 0 unspecified atom stereocenters. The van der Waals surface area contributed by atoms with Crippen LogP contribution in [-0.4, -0.2) is 32.7 Å². The minimum absolute atomic E-state index is 0.0159. The zero-order valence-corrected chi connectivity index (χ0v) is 18.0. The fourth-order valence-corrected chi connectivity index (χ4v) is 3.81. The third-order valence-electron chi connectivity index (χ3n) is 4.35. The molecule has 0 aromatic carbocycles. The van der Waals surface area contributed by atoms with E-state index >= 15 is 0 Å². The van der Waals surface area contributed by atoms with E-state index in [1.165, 1.54) is 18.3 Å². The first kappa shape index (κ1) is 22.9. The van der Waals surface area contributed by atoms with E-state index in [-0.39, 0.29) is 39.0 Å². The Labute approximate surface area is 191 Å². The molecule has 15 heteroatoms. The molecule has 0 bridgehead atoms. The minimum atomic E-state index is -4.65. The molecule has 4 aromatic rings. The summed E-state index contributed by atoms with van der Waals surface area (Å²) in [6.45, 7) is 2.06. The van der Waals surface area contributed by atoms with Crippen molar-refractivity contribution in [2.75, 3.05) is 11.9 Å². The lowest BCUT2D eigenvalue weighted by Crippen LogP contribution is -2.28. The summed E-state index contributed by atoms with van der Waals surface area (Å²) in [4.78, 5) is 31.0. The van der Waals surface area contributed by atoms with Crippen LogP contribution >= 0.6 is 11.3 Å². The van der Waals surface area contributed by atoms with Crippen molar-refractivity contribution >= 4 is 23.2 Å². The van der Waals surface area contributed by atoms with Crippen LogP contribution in [0.15, 0.2) is 45.3 Å². The van der Waals surface area contributed by atoms with E-state index in [0.717, 1.165) is 29.1 Å². The number of pyridine rings is 2.